The highest BCUT2D eigenvalue weighted by Crippen LogP contribution is 2.69. The zero-order valence-electron chi connectivity index (χ0n) is 34.2. The first kappa shape index (κ1) is 33.8. The van der Waals surface area contributed by atoms with Crippen LogP contribution in [0.5, 0.6) is 0 Å². The highest BCUT2D eigenvalue weighted by atomic mass is 16.3. The van der Waals surface area contributed by atoms with Crippen LogP contribution >= 0.6 is 0 Å². The summed E-state index contributed by atoms with van der Waals surface area (Å²) in [6.07, 6.45) is 6.95. The lowest BCUT2D eigenvalue weighted by Crippen LogP contribution is -2.57. The molecule has 4 saturated carbocycles. The minimum Gasteiger partial charge on any atom is -0.454 e. The molecule has 5 aliphatic rings. The van der Waals surface area contributed by atoms with Crippen LogP contribution < -0.4 is 4.90 Å². The van der Waals surface area contributed by atoms with E-state index < -0.39 is 0 Å². The van der Waals surface area contributed by atoms with E-state index >= 15 is 0 Å². The molecule has 3 heteroatoms. The number of fused-ring (bicyclic) bond motifs is 8. The molecule has 0 radical (unpaired) electrons. The second-order valence-electron chi connectivity index (χ2n) is 20.3. The molecule has 8 aromatic rings. The molecule has 1 aliphatic heterocycles. The quantitative estimate of drug-likeness (QED) is 0.176. The van der Waals surface area contributed by atoms with Crippen molar-refractivity contribution in [2.45, 2.75) is 89.9 Å². The topological polar surface area (TPSA) is 21.3 Å². The summed E-state index contributed by atoms with van der Waals surface area (Å²) in [5.41, 5.74) is 15.2. The second kappa shape index (κ2) is 11.4. The predicted molar refractivity (Wildman–Crippen MR) is 238 cm³/mol. The van der Waals surface area contributed by atoms with E-state index in [0.717, 1.165) is 45.1 Å². The first-order valence-corrected chi connectivity index (χ1v) is 21.5. The van der Waals surface area contributed by atoms with Gasteiger partial charge in [-0.15, -0.1) is 0 Å². The van der Waals surface area contributed by atoms with Crippen LogP contribution in [0.15, 0.2) is 126 Å². The maximum absolute atomic E-state index is 7.00. The van der Waals surface area contributed by atoms with Crippen molar-refractivity contribution in [2.75, 3.05) is 4.90 Å². The van der Waals surface area contributed by atoms with Crippen LogP contribution in [0.1, 0.15) is 95.9 Å². The van der Waals surface area contributed by atoms with Gasteiger partial charge < -0.3 is 13.9 Å². The summed E-state index contributed by atoms with van der Waals surface area (Å²) in [4.78, 5) is 2.54. The van der Waals surface area contributed by atoms with Gasteiger partial charge >= 0.3 is 0 Å². The summed E-state index contributed by atoms with van der Waals surface area (Å²) < 4.78 is 9.47. The maximum atomic E-state index is 7.00. The minimum atomic E-state index is 0.0577. The highest BCUT2D eigenvalue weighted by Gasteiger charge is 2.61. The molecule has 284 valence electrons. The van der Waals surface area contributed by atoms with E-state index in [2.05, 4.69) is 172 Å². The number of furan rings is 1. The van der Waals surface area contributed by atoms with E-state index in [4.69, 9.17) is 4.42 Å². The normalized spacial score (nSPS) is 22.3. The SMILES string of the molecule is CC(C)(C)c1ccc2c(c1)c1cc(C(C)(C)C)ccc1n2-c1ccc2oc3c(N4c5ccccc5C5(c6ccccc64)C4C[C@H]6C[C@@H](C4)C[C@@H]5C6)cccc3c2c1. The number of rotatable bonds is 2. The fraction of sp³-hybridized carbons (Fsp3) is 0.333. The predicted octanol–water partition coefficient (Wildman–Crippen LogP) is 14.8. The van der Waals surface area contributed by atoms with Crippen LogP contribution in [-0.4, -0.2) is 4.57 Å². The molecule has 0 N–H and O–H groups in total. The molecule has 6 aromatic carbocycles. The van der Waals surface area contributed by atoms with Crippen molar-refractivity contribution in [3.63, 3.8) is 0 Å². The minimum absolute atomic E-state index is 0.0577. The van der Waals surface area contributed by atoms with Crippen molar-refractivity contribution in [1.29, 1.82) is 0 Å². The fourth-order valence-corrected chi connectivity index (χ4v) is 12.7. The molecule has 0 saturated heterocycles. The molecular formula is C54H52N2O. The van der Waals surface area contributed by atoms with Crippen LogP contribution in [0.3, 0.4) is 0 Å². The van der Waals surface area contributed by atoms with Gasteiger partial charge in [-0.1, -0.05) is 102 Å². The molecule has 4 bridgehead atoms. The van der Waals surface area contributed by atoms with Gasteiger partial charge in [-0.2, -0.15) is 0 Å². The van der Waals surface area contributed by atoms with Gasteiger partial charge in [-0.3, -0.25) is 0 Å². The summed E-state index contributed by atoms with van der Waals surface area (Å²) in [6, 6.07) is 46.6. The Kier molecular flexibility index (Phi) is 6.78. The van der Waals surface area contributed by atoms with Crippen molar-refractivity contribution in [3.8, 4) is 5.69 Å². The van der Waals surface area contributed by atoms with Gasteiger partial charge in [0.25, 0.3) is 0 Å². The van der Waals surface area contributed by atoms with E-state index in [0.29, 0.717) is 11.8 Å². The number of anilines is 3. The second-order valence-corrected chi connectivity index (χ2v) is 20.3. The van der Waals surface area contributed by atoms with E-state index in [1.165, 1.54) is 87.5 Å². The number of hydrogen-bond acceptors (Lipinski definition) is 2. The monoisotopic (exact) mass is 744 g/mol. The standard InChI is InChI=1S/C54H52N2O/c1-52(2,3)34-18-21-45-40(29-34)41-30-35(53(4,5)6)19-22-46(41)55(45)38-20-23-50-42(31-38)39-12-11-17-49(51(39)57-50)56-47-15-9-7-13-43(47)54(44-14-8-10-16-48(44)56)36-25-32-24-33(27-36)28-37(54)26-32/h7-23,29-33,36-37H,24-28H2,1-6H3/t32-,33+,36-,37?. The van der Waals surface area contributed by atoms with Crippen LogP contribution in [0, 0.1) is 23.7 Å². The zero-order valence-corrected chi connectivity index (χ0v) is 34.2. The third kappa shape index (κ3) is 4.60. The van der Waals surface area contributed by atoms with Crippen molar-refractivity contribution >= 4 is 60.8 Å². The summed E-state index contributed by atoms with van der Waals surface area (Å²) in [5.74, 6) is 3.24. The van der Waals surface area contributed by atoms with E-state index in [1.807, 2.05) is 0 Å². The zero-order chi connectivity index (χ0) is 38.6. The van der Waals surface area contributed by atoms with Gasteiger partial charge in [0.15, 0.2) is 5.58 Å². The molecule has 4 fully saturated rings. The molecule has 1 spiro atoms. The summed E-state index contributed by atoms with van der Waals surface area (Å²) >= 11 is 0. The average molecular weight is 745 g/mol. The van der Waals surface area contributed by atoms with Gasteiger partial charge in [0.05, 0.1) is 28.1 Å². The Morgan fingerprint density at radius 3 is 1.61 bits per heavy atom. The molecule has 2 aromatic heterocycles. The van der Waals surface area contributed by atoms with Gasteiger partial charge in [-0.05, 0) is 150 Å². The molecule has 0 atom stereocenters. The number of para-hydroxylation sites is 3. The number of nitrogens with zero attached hydrogens (tertiary/aromatic N) is 2. The van der Waals surface area contributed by atoms with Crippen LogP contribution in [0.2, 0.25) is 0 Å². The van der Waals surface area contributed by atoms with Crippen LogP contribution in [0.4, 0.5) is 17.1 Å². The molecule has 13 rings (SSSR count). The number of hydrogen-bond donors (Lipinski definition) is 0. The molecule has 3 heterocycles. The summed E-state index contributed by atoms with van der Waals surface area (Å²) in [7, 11) is 0. The van der Waals surface area contributed by atoms with Gasteiger partial charge in [0.1, 0.15) is 5.58 Å². The Bertz CT molecular complexity index is 2810. The average Bonchev–Trinajstić information content (AvgIpc) is 3.73. The lowest BCUT2D eigenvalue weighted by Gasteiger charge is -2.64. The van der Waals surface area contributed by atoms with E-state index in [9.17, 15) is 0 Å². The Hall–Kier alpha value is -5.28. The number of benzene rings is 6. The lowest BCUT2D eigenvalue weighted by molar-refractivity contribution is -0.0419. The Balaban J connectivity index is 1.05. The van der Waals surface area contributed by atoms with Crippen molar-refractivity contribution in [3.05, 3.63) is 144 Å². The summed E-state index contributed by atoms with van der Waals surface area (Å²) in [6.45, 7) is 13.8. The third-order valence-electron chi connectivity index (χ3n) is 15.1. The molecule has 0 amide bonds. The van der Waals surface area contributed by atoms with Crippen molar-refractivity contribution in [1.82, 2.24) is 4.57 Å². The molecule has 57 heavy (non-hydrogen) atoms. The van der Waals surface area contributed by atoms with Crippen molar-refractivity contribution in [2.24, 2.45) is 23.7 Å². The van der Waals surface area contributed by atoms with E-state index in [-0.39, 0.29) is 16.2 Å². The van der Waals surface area contributed by atoms with Gasteiger partial charge in [-0.25, -0.2) is 0 Å². The summed E-state index contributed by atoms with van der Waals surface area (Å²) in [5, 5.41) is 4.91. The van der Waals surface area contributed by atoms with Crippen LogP contribution in [-0.2, 0) is 16.2 Å². The van der Waals surface area contributed by atoms with Crippen LogP contribution in [0.25, 0.3) is 49.4 Å². The first-order valence-electron chi connectivity index (χ1n) is 21.5. The fourth-order valence-electron chi connectivity index (χ4n) is 12.7. The Morgan fingerprint density at radius 2 is 1.05 bits per heavy atom. The molecule has 4 aliphatic carbocycles. The third-order valence-corrected chi connectivity index (χ3v) is 15.1. The Labute approximate surface area is 336 Å². The van der Waals surface area contributed by atoms with Crippen molar-refractivity contribution < 1.29 is 4.42 Å². The van der Waals surface area contributed by atoms with Gasteiger partial charge in [0, 0.05) is 32.6 Å². The molecule has 0 unspecified atom stereocenters. The highest BCUT2D eigenvalue weighted by molar-refractivity contribution is 6.13. The molecular weight excluding hydrogens is 693 g/mol. The maximum Gasteiger partial charge on any atom is 0.159 e. The Morgan fingerprint density at radius 1 is 0.509 bits per heavy atom. The smallest absolute Gasteiger partial charge is 0.159 e. The molecule has 3 nitrogen and oxygen atoms in total. The largest absolute Gasteiger partial charge is 0.454 e. The number of aromatic nitrogens is 1. The lowest BCUT2D eigenvalue weighted by atomic mass is 9.41. The van der Waals surface area contributed by atoms with Gasteiger partial charge in [0.2, 0.25) is 0 Å². The first-order chi connectivity index (χ1) is 27.5. The van der Waals surface area contributed by atoms with E-state index in [1.54, 1.807) is 0 Å².